The molecule has 1 N–H and O–H groups in total. The van der Waals surface area contributed by atoms with Crippen LogP contribution in [0.25, 0.3) is 0 Å². The van der Waals surface area contributed by atoms with E-state index in [-0.39, 0.29) is 11.9 Å². The predicted octanol–water partition coefficient (Wildman–Crippen LogP) is 1.93. The molecule has 4 unspecified atom stereocenters. The lowest BCUT2D eigenvalue weighted by Gasteiger charge is -2.39. The van der Waals surface area contributed by atoms with Gasteiger partial charge in [0, 0.05) is 44.6 Å². The van der Waals surface area contributed by atoms with E-state index in [2.05, 4.69) is 34.0 Å². The Morgan fingerprint density at radius 1 is 1.16 bits per heavy atom. The topological polar surface area (TPSA) is 61.4 Å². The Morgan fingerprint density at radius 2 is 1.84 bits per heavy atom. The van der Waals surface area contributed by atoms with Crippen molar-refractivity contribution in [2.45, 2.75) is 52.1 Å². The van der Waals surface area contributed by atoms with E-state index < -0.39 is 0 Å². The van der Waals surface area contributed by atoms with E-state index >= 15 is 0 Å². The average molecular weight is 345 g/mol. The Labute approximate surface area is 151 Å². The maximum Gasteiger partial charge on any atom is 0.239 e. The number of anilines is 1. The third-order valence-electron chi connectivity index (χ3n) is 5.97. The molecule has 1 aromatic heterocycles. The summed E-state index contributed by atoms with van der Waals surface area (Å²) < 4.78 is 0. The molecule has 0 aromatic carbocycles. The Bertz CT molecular complexity index is 558. The number of carbonyl (C=O) groups is 1. The van der Waals surface area contributed by atoms with Gasteiger partial charge in [-0.1, -0.05) is 26.7 Å². The summed E-state index contributed by atoms with van der Waals surface area (Å²) in [5.41, 5.74) is 0. The monoisotopic (exact) mass is 345 g/mol. The van der Waals surface area contributed by atoms with Crippen LogP contribution in [0.15, 0.2) is 18.5 Å². The number of aromatic nitrogens is 2. The van der Waals surface area contributed by atoms with Gasteiger partial charge in [-0.25, -0.2) is 9.97 Å². The summed E-state index contributed by atoms with van der Waals surface area (Å²) in [5.74, 6) is 2.35. The molecule has 1 aromatic rings. The second-order valence-electron chi connectivity index (χ2n) is 7.62. The molecule has 6 nitrogen and oxygen atoms in total. The van der Waals surface area contributed by atoms with Crippen molar-refractivity contribution in [3.63, 3.8) is 0 Å². The molecular weight excluding hydrogens is 314 g/mol. The number of hydrogen-bond acceptors (Lipinski definition) is 5. The first-order chi connectivity index (χ1) is 12.1. The minimum atomic E-state index is -0.114. The van der Waals surface area contributed by atoms with Crippen LogP contribution in [0, 0.1) is 11.8 Å². The second-order valence-corrected chi connectivity index (χ2v) is 7.62. The normalized spacial score (nSPS) is 28.7. The summed E-state index contributed by atoms with van der Waals surface area (Å²) in [7, 11) is 0. The molecular formula is C19H31N5O. The third kappa shape index (κ3) is 4.29. The predicted molar refractivity (Wildman–Crippen MR) is 99.4 cm³/mol. The minimum Gasteiger partial charge on any atom is -0.338 e. The summed E-state index contributed by atoms with van der Waals surface area (Å²) in [4.78, 5) is 25.5. The first kappa shape index (κ1) is 18.1. The van der Waals surface area contributed by atoms with Gasteiger partial charge in [-0.15, -0.1) is 0 Å². The van der Waals surface area contributed by atoms with Crippen LogP contribution in [-0.2, 0) is 4.79 Å². The first-order valence-electron chi connectivity index (χ1n) is 9.63. The average Bonchev–Trinajstić information content (AvgIpc) is 2.65. The molecule has 25 heavy (non-hydrogen) atoms. The van der Waals surface area contributed by atoms with Crippen molar-refractivity contribution >= 4 is 11.9 Å². The molecule has 1 amide bonds. The highest BCUT2D eigenvalue weighted by atomic mass is 16.2. The molecule has 0 spiro atoms. The number of hydrogen-bond donors (Lipinski definition) is 1. The van der Waals surface area contributed by atoms with Gasteiger partial charge in [0.15, 0.2) is 0 Å². The molecule has 2 heterocycles. The summed E-state index contributed by atoms with van der Waals surface area (Å²) in [6, 6.07) is 2.17. The zero-order chi connectivity index (χ0) is 17.8. The van der Waals surface area contributed by atoms with Crippen LogP contribution in [0.4, 0.5) is 5.95 Å². The van der Waals surface area contributed by atoms with Crippen molar-refractivity contribution < 1.29 is 4.79 Å². The number of nitrogens with zero attached hydrogens (tertiary/aromatic N) is 4. The smallest absolute Gasteiger partial charge is 0.239 e. The van der Waals surface area contributed by atoms with Crippen molar-refractivity contribution in [2.24, 2.45) is 11.8 Å². The Morgan fingerprint density at radius 3 is 2.52 bits per heavy atom. The highest BCUT2D eigenvalue weighted by molar-refractivity contribution is 5.81. The van der Waals surface area contributed by atoms with Crippen molar-refractivity contribution in [1.29, 1.82) is 0 Å². The first-order valence-corrected chi connectivity index (χ1v) is 9.63. The number of piperazine rings is 1. The fourth-order valence-electron chi connectivity index (χ4n) is 4.06. The fraction of sp³-hybridized carbons (Fsp3) is 0.737. The minimum absolute atomic E-state index is 0.114. The zero-order valence-corrected chi connectivity index (χ0v) is 15.7. The summed E-state index contributed by atoms with van der Waals surface area (Å²) in [5, 5.41) is 3.61. The molecule has 4 atom stereocenters. The van der Waals surface area contributed by atoms with E-state index in [0.29, 0.717) is 12.0 Å². The number of rotatable bonds is 4. The lowest BCUT2D eigenvalue weighted by Crippen LogP contribution is -2.56. The summed E-state index contributed by atoms with van der Waals surface area (Å²) >= 11 is 0. The van der Waals surface area contributed by atoms with Gasteiger partial charge in [0.2, 0.25) is 11.9 Å². The lowest BCUT2D eigenvalue weighted by molar-refractivity contribution is -0.133. The SMILES string of the molecule is CC(NC1CCCC(C)C1C)C(=O)N1CCN(c2ncccn2)CC1. The van der Waals surface area contributed by atoms with Gasteiger partial charge in [0.25, 0.3) is 0 Å². The molecule has 138 valence electrons. The highest BCUT2D eigenvalue weighted by Gasteiger charge is 2.31. The molecule has 1 aliphatic carbocycles. The van der Waals surface area contributed by atoms with Crippen LogP contribution in [0.1, 0.15) is 40.0 Å². The van der Waals surface area contributed by atoms with E-state index in [0.717, 1.165) is 38.0 Å². The molecule has 2 aliphatic rings. The second kappa shape index (κ2) is 8.13. The Kier molecular flexibility index (Phi) is 5.89. The van der Waals surface area contributed by atoms with Gasteiger partial charge in [0.1, 0.15) is 0 Å². The number of amides is 1. The number of carbonyl (C=O) groups excluding carboxylic acids is 1. The molecule has 0 radical (unpaired) electrons. The molecule has 1 aliphatic heterocycles. The van der Waals surface area contributed by atoms with Crippen molar-refractivity contribution in [3.05, 3.63) is 18.5 Å². The van der Waals surface area contributed by atoms with Crippen LogP contribution in [0.3, 0.4) is 0 Å². The standard InChI is InChI=1S/C19H31N5O/c1-14-6-4-7-17(15(14)2)22-16(3)18(25)23-10-12-24(13-11-23)19-20-8-5-9-21-19/h5,8-9,14-17,22H,4,6-7,10-13H2,1-3H3. The van der Waals surface area contributed by atoms with Crippen LogP contribution in [-0.4, -0.2) is 59.0 Å². The van der Waals surface area contributed by atoms with Gasteiger partial charge >= 0.3 is 0 Å². The van der Waals surface area contributed by atoms with Crippen LogP contribution in [0.2, 0.25) is 0 Å². The van der Waals surface area contributed by atoms with E-state index in [1.165, 1.54) is 19.3 Å². The maximum atomic E-state index is 12.8. The van der Waals surface area contributed by atoms with Gasteiger partial charge < -0.3 is 15.1 Å². The van der Waals surface area contributed by atoms with E-state index in [1.807, 2.05) is 17.9 Å². The third-order valence-corrected chi connectivity index (χ3v) is 5.97. The lowest BCUT2D eigenvalue weighted by atomic mass is 9.78. The van der Waals surface area contributed by atoms with Gasteiger partial charge in [-0.2, -0.15) is 0 Å². The number of nitrogens with one attached hydrogen (secondary N) is 1. The van der Waals surface area contributed by atoms with Crippen LogP contribution in [0.5, 0.6) is 0 Å². The highest BCUT2D eigenvalue weighted by Crippen LogP contribution is 2.29. The molecule has 0 bridgehead atoms. The molecule has 2 fully saturated rings. The molecule has 6 heteroatoms. The summed E-state index contributed by atoms with van der Waals surface area (Å²) in [6.45, 7) is 9.71. The van der Waals surface area contributed by atoms with E-state index in [4.69, 9.17) is 0 Å². The fourth-order valence-corrected chi connectivity index (χ4v) is 4.06. The van der Waals surface area contributed by atoms with Crippen LogP contribution < -0.4 is 10.2 Å². The largest absolute Gasteiger partial charge is 0.338 e. The van der Waals surface area contributed by atoms with Gasteiger partial charge in [0.05, 0.1) is 6.04 Å². The Hall–Kier alpha value is -1.69. The van der Waals surface area contributed by atoms with Crippen LogP contribution >= 0.6 is 0 Å². The van der Waals surface area contributed by atoms with Crippen molar-refractivity contribution in [1.82, 2.24) is 20.2 Å². The van der Waals surface area contributed by atoms with Gasteiger partial charge in [-0.05, 0) is 31.2 Å². The van der Waals surface area contributed by atoms with Crippen molar-refractivity contribution in [3.8, 4) is 0 Å². The van der Waals surface area contributed by atoms with E-state index in [9.17, 15) is 4.79 Å². The molecule has 1 saturated heterocycles. The maximum absolute atomic E-state index is 12.8. The van der Waals surface area contributed by atoms with E-state index in [1.54, 1.807) is 12.4 Å². The van der Waals surface area contributed by atoms with Gasteiger partial charge in [-0.3, -0.25) is 4.79 Å². The summed E-state index contributed by atoms with van der Waals surface area (Å²) in [6.07, 6.45) is 7.28. The molecule has 3 rings (SSSR count). The Balaban J connectivity index is 1.50. The molecule has 1 saturated carbocycles. The van der Waals surface area contributed by atoms with Crippen molar-refractivity contribution in [2.75, 3.05) is 31.1 Å². The zero-order valence-electron chi connectivity index (χ0n) is 15.7. The quantitative estimate of drug-likeness (QED) is 0.903.